The minimum absolute atomic E-state index is 0.0907. The minimum atomic E-state index is -0.301. The number of aryl methyl sites for hydroxylation is 1. The molecule has 1 aliphatic rings. The van der Waals surface area contributed by atoms with E-state index in [0.717, 1.165) is 33.8 Å². The Morgan fingerprint density at radius 3 is 2.65 bits per heavy atom. The van der Waals surface area contributed by atoms with Gasteiger partial charge >= 0.3 is 0 Å². The second-order valence-electron chi connectivity index (χ2n) is 8.22. The Morgan fingerprint density at radius 2 is 1.88 bits per heavy atom. The highest BCUT2D eigenvalue weighted by atomic mass is 19.1. The molecule has 7 heteroatoms. The van der Waals surface area contributed by atoms with Gasteiger partial charge in [-0.05, 0) is 55.0 Å². The molecule has 0 aliphatic carbocycles. The van der Waals surface area contributed by atoms with Crippen molar-refractivity contribution in [3.63, 3.8) is 0 Å². The Kier molecular flexibility index (Phi) is 5.76. The number of anilines is 1. The van der Waals surface area contributed by atoms with Crippen molar-refractivity contribution in [2.45, 2.75) is 25.9 Å². The van der Waals surface area contributed by atoms with Crippen molar-refractivity contribution in [1.29, 1.82) is 0 Å². The van der Waals surface area contributed by atoms with E-state index >= 15 is 0 Å². The first kappa shape index (κ1) is 21.7. The van der Waals surface area contributed by atoms with Crippen molar-refractivity contribution in [2.75, 3.05) is 12.4 Å². The zero-order chi connectivity index (χ0) is 23.7. The monoisotopic (exact) mass is 457 g/mol. The molecular weight excluding hydrogens is 433 g/mol. The van der Waals surface area contributed by atoms with E-state index in [9.17, 15) is 9.18 Å². The molecule has 4 aromatic rings. The van der Waals surface area contributed by atoms with Crippen molar-refractivity contribution >= 4 is 11.7 Å². The molecular formula is C27H24FN3O3. The van der Waals surface area contributed by atoms with E-state index in [1.54, 1.807) is 17.9 Å². The lowest BCUT2D eigenvalue weighted by Gasteiger charge is -2.26. The number of nitrogens with one attached hydrogen (secondary N) is 1. The number of para-hydroxylation sites is 1. The maximum Gasteiger partial charge on any atom is 0.226 e. The van der Waals surface area contributed by atoms with Gasteiger partial charge in [0.05, 0.1) is 18.5 Å². The normalized spacial score (nSPS) is 14.9. The van der Waals surface area contributed by atoms with Gasteiger partial charge in [-0.2, -0.15) is 5.10 Å². The number of hydrogen-bond acceptors (Lipinski definition) is 4. The lowest BCUT2D eigenvalue weighted by atomic mass is 9.85. The predicted octanol–water partition coefficient (Wildman–Crippen LogP) is 5.38. The SMILES string of the molecule is COc1ccc(-n2nc(C)c3c2NC(=O)C[C@@H]3c2ccccc2OCc2cccc(F)c2)cc1. The third kappa shape index (κ3) is 4.12. The zero-order valence-electron chi connectivity index (χ0n) is 18.9. The number of ether oxygens (including phenoxy) is 2. The molecule has 172 valence electrons. The average Bonchev–Trinajstić information content (AvgIpc) is 3.18. The number of carbonyl (C=O) groups excluding carboxylic acids is 1. The zero-order valence-corrected chi connectivity index (χ0v) is 18.9. The first-order valence-corrected chi connectivity index (χ1v) is 11.0. The number of hydrogen-bond donors (Lipinski definition) is 1. The fourth-order valence-corrected chi connectivity index (χ4v) is 4.41. The summed E-state index contributed by atoms with van der Waals surface area (Å²) >= 11 is 0. The molecule has 5 rings (SSSR count). The van der Waals surface area contributed by atoms with Crippen LogP contribution in [0.25, 0.3) is 5.69 Å². The molecule has 34 heavy (non-hydrogen) atoms. The van der Waals surface area contributed by atoms with Crippen LogP contribution in [0.15, 0.2) is 72.8 Å². The molecule has 1 atom stereocenters. The van der Waals surface area contributed by atoms with E-state index < -0.39 is 0 Å². The summed E-state index contributed by atoms with van der Waals surface area (Å²) in [5.74, 6) is 1.45. The maximum atomic E-state index is 13.6. The first-order valence-electron chi connectivity index (χ1n) is 11.0. The molecule has 0 bridgehead atoms. The summed E-state index contributed by atoms with van der Waals surface area (Å²) in [7, 11) is 1.62. The topological polar surface area (TPSA) is 65.4 Å². The first-order chi connectivity index (χ1) is 16.5. The second-order valence-corrected chi connectivity index (χ2v) is 8.22. The van der Waals surface area contributed by atoms with E-state index in [1.807, 2.05) is 61.5 Å². The molecule has 1 aromatic heterocycles. The molecule has 0 unspecified atom stereocenters. The standard InChI is InChI=1S/C27H24FN3O3/c1-17-26-23(22-8-3-4-9-24(22)34-16-18-6-5-7-19(28)14-18)15-25(32)29-27(26)31(30-17)20-10-12-21(33-2)13-11-20/h3-14,23H,15-16H2,1-2H3,(H,29,32)/t23-/m1/s1. The Bertz CT molecular complexity index is 1350. The van der Waals surface area contributed by atoms with Crippen LogP contribution in [0.1, 0.15) is 34.7 Å². The molecule has 0 spiro atoms. The highest BCUT2D eigenvalue weighted by Crippen LogP contribution is 2.43. The van der Waals surface area contributed by atoms with Crippen LogP contribution in [0, 0.1) is 12.7 Å². The molecule has 1 aliphatic heterocycles. The van der Waals surface area contributed by atoms with Gasteiger partial charge in [-0.1, -0.05) is 30.3 Å². The summed E-state index contributed by atoms with van der Waals surface area (Å²) < 4.78 is 26.7. The van der Waals surface area contributed by atoms with Crippen LogP contribution in [0.4, 0.5) is 10.2 Å². The Balaban J connectivity index is 1.52. The van der Waals surface area contributed by atoms with Crippen molar-refractivity contribution in [2.24, 2.45) is 0 Å². The summed E-state index contributed by atoms with van der Waals surface area (Å²) in [4.78, 5) is 12.8. The summed E-state index contributed by atoms with van der Waals surface area (Å²) in [6.07, 6.45) is 0.280. The van der Waals surface area contributed by atoms with E-state index in [4.69, 9.17) is 14.6 Å². The Morgan fingerprint density at radius 1 is 1.09 bits per heavy atom. The van der Waals surface area contributed by atoms with E-state index in [2.05, 4.69) is 5.32 Å². The van der Waals surface area contributed by atoms with Crippen LogP contribution in [0.2, 0.25) is 0 Å². The number of rotatable bonds is 6. The van der Waals surface area contributed by atoms with Gasteiger partial charge in [-0.25, -0.2) is 9.07 Å². The van der Waals surface area contributed by atoms with Crippen LogP contribution >= 0.6 is 0 Å². The number of amides is 1. The van der Waals surface area contributed by atoms with Crippen LogP contribution < -0.4 is 14.8 Å². The Hall–Kier alpha value is -4.13. The minimum Gasteiger partial charge on any atom is -0.497 e. The third-order valence-electron chi connectivity index (χ3n) is 6.00. The molecule has 2 heterocycles. The van der Waals surface area contributed by atoms with Gasteiger partial charge < -0.3 is 14.8 Å². The summed E-state index contributed by atoms with van der Waals surface area (Å²) in [5, 5.41) is 7.75. The van der Waals surface area contributed by atoms with Gasteiger partial charge in [-0.3, -0.25) is 4.79 Å². The lowest BCUT2D eigenvalue weighted by Crippen LogP contribution is -2.25. The molecule has 1 N–H and O–H groups in total. The molecule has 0 fully saturated rings. The van der Waals surface area contributed by atoms with Crippen molar-refractivity contribution in [1.82, 2.24) is 9.78 Å². The highest BCUT2D eigenvalue weighted by Gasteiger charge is 2.34. The number of halogens is 1. The quantitative estimate of drug-likeness (QED) is 0.422. The van der Waals surface area contributed by atoms with Gasteiger partial charge in [0.1, 0.15) is 29.7 Å². The fourth-order valence-electron chi connectivity index (χ4n) is 4.41. The highest BCUT2D eigenvalue weighted by molar-refractivity contribution is 5.95. The van der Waals surface area contributed by atoms with Crippen molar-refractivity contribution in [3.8, 4) is 17.2 Å². The van der Waals surface area contributed by atoms with Crippen molar-refractivity contribution in [3.05, 3.63) is 101 Å². The number of benzene rings is 3. The van der Waals surface area contributed by atoms with E-state index in [-0.39, 0.29) is 30.7 Å². The smallest absolute Gasteiger partial charge is 0.226 e. The van der Waals surface area contributed by atoms with Gasteiger partial charge in [-0.15, -0.1) is 0 Å². The predicted molar refractivity (Wildman–Crippen MR) is 127 cm³/mol. The van der Waals surface area contributed by atoms with Gasteiger partial charge in [0.25, 0.3) is 0 Å². The number of nitrogens with zero attached hydrogens (tertiary/aromatic N) is 2. The van der Waals surface area contributed by atoms with Crippen LogP contribution in [-0.4, -0.2) is 22.8 Å². The third-order valence-corrected chi connectivity index (χ3v) is 6.00. The van der Waals surface area contributed by atoms with Crippen LogP contribution in [0.5, 0.6) is 11.5 Å². The van der Waals surface area contributed by atoms with Crippen LogP contribution in [0.3, 0.4) is 0 Å². The summed E-state index contributed by atoms with van der Waals surface area (Å²) in [5.41, 5.74) is 4.24. The molecule has 3 aromatic carbocycles. The Labute approximate surface area is 196 Å². The largest absolute Gasteiger partial charge is 0.497 e. The maximum absolute atomic E-state index is 13.6. The second kappa shape index (κ2) is 9.02. The molecule has 0 saturated carbocycles. The number of aromatic nitrogens is 2. The number of methoxy groups -OCH3 is 1. The van der Waals surface area contributed by atoms with Crippen molar-refractivity contribution < 1.29 is 18.7 Å². The summed E-state index contributed by atoms with van der Waals surface area (Å²) in [6, 6.07) is 21.5. The van der Waals surface area contributed by atoms with Gasteiger partial charge in [0.2, 0.25) is 5.91 Å². The van der Waals surface area contributed by atoms with Crippen LogP contribution in [-0.2, 0) is 11.4 Å². The molecule has 1 amide bonds. The fraction of sp³-hybridized carbons (Fsp3) is 0.185. The lowest BCUT2D eigenvalue weighted by molar-refractivity contribution is -0.116. The molecule has 6 nitrogen and oxygen atoms in total. The average molecular weight is 458 g/mol. The number of fused-ring (bicyclic) bond motifs is 1. The van der Waals surface area contributed by atoms with Gasteiger partial charge in [0, 0.05) is 23.5 Å². The van der Waals surface area contributed by atoms with E-state index in [1.165, 1.54) is 12.1 Å². The summed E-state index contributed by atoms with van der Waals surface area (Å²) in [6.45, 7) is 2.17. The van der Waals surface area contributed by atoms with E-state index in [0.29, 0.717) is 11.6 Å². The molecule has 0 radical (unpaired) electrons. The molecule has 0 saturated heterocycles. The van der Waals surface area contributed by atoms with Gasteiger partial charge in [0.15, 0.2) is 0 Å². The number of carbonyl (C=O) groups is 1.